The summed E-state index contributed by atoms with van der Waals surface area (Å²) in [6.07, 6.45) is 1.61. The highest BCUT2D eigenvalue weighted by molar-refractivity contribution is 8.00. The van der Waals surface area contributed by atoms with Crippen LogP contribution in [0, 0.1) is 6.92 Å². The number of carbonyl (C=O) groups excluding carboxylic acids is 2. The van der Waals surface area contributed by atoms with Crippen LogP contribution in [-0.4, -0.2) is 41.6 Å². The van der Waals surface area contributed by atoms with Crippen LogP contribution in [0.3, 0.4) is 0 Å². The molecule has 5 heteroatoms. The molecule has 0 bridgehead atoms. The van der Waals surface area contributed by atoms with Crippen molar-refractivity contribution >= 4 is 23.6 Å². The van der Waals surface area contributed by atoms with Crippen LogP contribution in [0.25, 0.3) is 0 Å². The number of amides is 2. The first-order valence-corrected chi connectivity index (χ1v) is 9.93. The van der Waals surface area contributed by atoms with Crippen LogP contribution in [-0.2, 0) is 4.79 Å². The molecule has 0 radical (unpaired) electrons. The molecule has 2 amide bonds. The van der Waals surface area contributed by atoms with Crippen molar-refractivity contribution in [3.8, 4) is 0 Å². The molecule has 1 aliphatic heterocycles. The molecule has 1 fully saturated rings. The summed E-state index contributed by atoms with van der Waals surface area (Å²) in [5.41, 5.74) is 1.90. The standard InChI is InChI=1S/C21H24N2O2S/c1-16-7-9-19(10-8-16)26-15-20(24)23-13-11-18(12-14-23)22-21(25)17-5-3-2-4-6-17/h2-10,18H,11-15H2,1H3,(H,22,25). The fraction of sp³-hybridized carbons (Fsp3) is 0.333. The maximum Gasteiger partial charge on any atom is 0.251 e. The van der Waals surface area contributed by atoms with Crippen LogP contribution in [0.15, 0.2) is 59.5 Å². The molecule has 2 aromatic carbocycles. The number of piperidine rings is 1. The van der Waals surface area contributed by atoms with Gasteiger partial charge in [-0.2, -0.15) is 0 Å². The summed E-state index contributed by atoms with van der Waals surface area (Å²) in [4.78, 5) is 27.7. The van der Waals surface area contributed by atoms with Crippen molar-refractivity contribution in [1.82, 2.24) is 10.2 Å². The molecule has 4 nitrogen and oxygen atoms in total. The maximum absolute atomic E-state index is 12.4. The SMILES string of the molecule is Cc1ccc(SCC(=O)N2CCC(NC(=O)c3ccccc3)CC2)cc1. The van der Waals surface area contributed by atoms with E-state index in [1.54, 1.807) is 11.8 Å². The predicted octanol–water partition coefficient (Wildman–Crippen LogP) is 3.51. The number of aryl methyl sites for hydroxylation is 1. The first kappa shape index (κ1) is 18.5. The number of likely N-dealkylation sites (tertiary alicyclic amines) is 1. The minimum atomic E-state index is -0.0368. The van der Waals surface area contributed by atoms with E-state index in [0.717, 1.165) is 17.7 Å². The number of hydrogen-bond donors (Lipinski definition) is 1. The zero-order valence-corrected chi connectivity index (χ0v) is 15.8. The average molecular weight is 369 g/mol. The molecule has 0 saturated carbocycles. The van der Waals surface area contributed by atoms with Crippen LogP contribution >= 0.6 is 11.8 Å². The first-order chi connectivity index (χ1) is 12.6. The van der Waals surface area contributed by atoms with E-state index in [1.165, 1.54) is 5.56 Å². The van der Waals surface area contributed by atoms with Gasteiger partial charge in [0, 0.05) is 29.6 Å². The second kappa shape index (κ2) is 8.90. The average Bonchev–Trinajstić information content (AvgIpc) is 2.68. The third-order valence-corrected chi connectivity index (χ3v) is 5.60. The van der Waals surface area contributed by atoms with E-state index in [9.17, 15) is 9.59 Å². The lowest BCUT2D eigenvalue weighted by Crippen LogP contribution is -2.47. The van der Waals surface area contributed by atoms with Crippen molar-refractivity contribution in [3.05, 3.63) is 65.7 Å². The van der Waals surface area contributed by atoms with Gasteiger partial charge in [0.15, 0.2) is 0 Å². The van der Waals surface area contributed by atoms with Crippen molar-refractivity contribution in [1.29, 1.82) is 0 Å². The number of hydrogen-bond acceptors (Lipinski definition) is 3. The number of rotatable bonds is 5. The van der Waals surface area contributed by atoms with Gasteiger partial charge in [-0.05, 0) is 44.0 Å². The summed E-state index contributed by atoms with van der Waals surface area (Å²) in [5.74, 6) is 0.595. The molecule has 0 unspecified atom stereocenters. The van der Waals surface area contributed by atoms with E-state index in [1.807, 2.05) is 35.2 Å². The van der Waals surface area contributed by atoms with Crippen LogP contribution < -0.4 is 5.32 Å². The quantitative estimate of drug-likeness (QED) is 0.822. The van der Waals surface area contributed by atoms with Crippen molar-refractivity contribution < 1.29 is 9.59 Å². The maximum atomic E-state index is 12.4. The number of nitrogens with zero attached hydrogens (tertiary/aromatic N) is 1. The normalized spacial score (nSPS) is 14.9. The van der Waals surface area contributed by atoms with Gasteiger partial charge in [0.2, 0.25) is 5.91 Å². The molecule has 1 saturated heterocycles. The monoisotopic (exact) mass is 368 g/mol. The predicted molar refractivity (Wildman–Crippen MR) is 105 cm³/mol. The third kappa shape index (κ3) is 5.11. The summed E-state index contributed by atoms with van der Waals surface area (Å²) in [7, 11) is 0. The third-order valence-electron chi connectivity index (χ3n) is 4.60. The van der Waals surface area contributed by atoms with Crippen LogP contribution in [0.2, 0.25) is 0 Å². The first-order valence-electron chi connectivity index (χ1n) is 8.95. The molecule has 1 N–H and O–H groups in total. The summed E-state index contributed by atoms with van der Waals surface area (Å²) < 4.78 is 0. The zero-order valence-electron chi connectivity index (χ0n) is 15.0. The lowest BCUT2D eigenvalue weighted by Gasteiger charge is -2.32. The Labute approximate surface area is 159 Å². The molecule has 1 aliphatic rings. The van der Waals surface area contributed by atoms with Crippen molar-refractivity contribution in [3.63, 3.8) is 0 Å². The second-order valence-corrected chi connectivity index (χ2v) is 7.65. The van der Waals surface area contributed by atoms with Gasteiger partial charge >= 0.3 is 0 Å². The Bertz CT molecular complexity index is 738. The fourth-order valence-corrected chi connectivity index (χ4v) is 3.80. The van der Waals surface area contributed by atoms with Gasteiger partial charge < -0.3 is 10.2 Å². The van der Waals surface area contributed by atoms with E-state index in [0.29, 0.717) is 24.4 Å². The van der Waals surface area contributed by atoms with Crippen LogP contribution in [0.4, 0.5) is 0 Å². The van der Waals surface area contributed by atoms with Gasteiger partial charge in [-0.15, -0.1) is 11.8 Å². The van der Waals surface area contributed by atoms with E-state index in [2.05, 4.69) is 36.5 Å². The van der Waals surface area contributed by atoms with Crippen molar-refractivity contribution in [2.75, 3.05) is 18.8 Å². The van der Waals surface area contributed by atoms with Gasteiger partial charge in [-0.3, -0.25) is 9.59 Å². The Balaban J connectivity index is 1.42. The lowest BCUT2D eigenvalue weighted by atomic mass is 10.0. The minimum Gasteiger partial charge on any atom is -0.349 e. The molecule has 3 rings (SSSR count). The Morgan fingerprint density at radius 1 is 1.04 bits per heavy atom. The molecular weight excluding hydrogens is 344 g/mol. The summed E-state index contributed by atoms with van der Waals surface area (Å²) in [5, 5.41) is 3.08. The van der Waals surface area contributed by atoms with Gasteiger partial charge in [-0.25, -0.2) is 0 Å². The zero-order chi connectivity index (χ0) is 18.4. The second-order valence-electron chi connectivity index (χ2n) is 6.60. The Morgan fingerprint density at radius 2 is 1.69 bits per heavy atom. The van der Waals surface area contributed by atoms with Crippen LogP contribution in [0.5, 0.6) is 0 Å². The summed E-state index contributed by atoms with van der Waals surface area (Å²) in [6, 6.07) is 17.6. The molecule has 2 aromatic rings. The summed E-state index contributed by atoms with van der Waals surface area (Å²) in [6.45, 7) is 3.46. The molecule has 26 heavy (non-hydrogen) atoms. The van der Waals surface area contributed by atoms with Gasteiger partial charge in [0.1, 0.15) is 0 Å². The van der Waals surface area contributed by atoms with Gasteiger partial charge in [0.05, 0.1) is 5.75 Å². The van der Waals surface area contributed by atoms with E-state index >= 15 is 0 Å². The topological polar surface area (TPSA) is 49.4 Å². The molecule has 1 heterocycles. The van der Waals surface area contributed by atoms with Crippen molar-refractivity contribution in [2.45, 2.75) is 30.7 Å². The van der Waals surface area contributed by atoms with Crippen molar-refractivity contribution in [2.24, 2.45) is 0 Å². The molecule has 0 spiro atoms. The van der Waals surface area contributed by atoms with E-state index in [4.69, 9.17) is 0 Å². The molecule has 136 valence electrons. The highest BCUT2D eigenvalue weighted by atomic mass is 32.2. The molecular formula is C21H24N2O2S. The molecule has 0 aromatic heterocycles. The Morgan fingerprint density at radius 3 is 2.35 bits per heavy atom. The highest BCUT2D eigenvalue weighted by Crippen LogP contribution is 2.20. The Hall–Kier alpha value is -2.27. The van der Waals surface area contributed by atoms with Gasteiger partial charge in [-0.1, -0.05) is 35.9 Å². The summed E-state index contributed by atoms with van der Waals surface area (Å²) >= 11 is 1.58. The minimum absolute atomic E-state index is 0.0368. The smallest absolute Gasteiger partial charge is 0.251 e. The van der Waals surface area contributed by atoms with E-state index < -0.39 is 0 Å². The van der Waals surface area contributed by atoms with Gasteiger partial charge in [0.25, 0.3) is 5.91 Å². The van der Waals surface area contributed by atoms with Crippen LogP contribution in [0.1, 0.15) is 28.8 Å². The number of benzene rings is 2. The molecule has 0 aliphatic carbocycles. The fourth-order valence-electron chi connectivity index (χ4n) is 3.00. The lowest BCUT2D eigenvalue weighted by molar-refractivity contribution is -0.129. The highest BCUT2D eigenvalue weighted by Gasteiger charge is 2.24. The number of nitrogens with one attached hydrogen (secondary N) is 1. The molecule has 0 atom stereocenters. The number of thioether (sulfide) groups is 1. The Kier molecular flexibility index (Phi) is 6.34. The van der Waals surface area contributed by atoms with E-state index in [-0.39, 0.29) is 17.9 Å². The largest absolute Gasteiger partial charge is 0.349 e. The number of carbonyl (C=O) groups is 2.